The van der Waals surface area contributed by atoms with Crippen LogP contribution in [0.4, 0.5) is 4.39 Å². The minimum absolute atomic E-state index is 0.0629. The van der Waals surface area contributed by atoms with Crippen molar-refractivity contribution in [1.29, 1.82) is 0 Å². The summed E-state index contributed by atoms with van der Waals surface area (Å²) in [5, 5.41) is 0. The van der Waals surface area contributed by atoms with Gasteiger partial charge in [0.2, 0.25) is 5.78 Å². The fourth-order valence-corrected chi connectivity index (χ4v) is 2.89. The van der Waals surface area contributed by atoms with Crippen LogP contribution in [-0.4, -0.2) is 5.78 Å². The molecule has 0 aliphatic carbocycles. The second-order valence-corrected chi connectivity index (χ2v) is 5.55. The summed E-state index contributed by atoms with van der Waals surface area (Å²) < 4.78 is 14.5. The zero-order valence-electron chi connectivity index (χ0n) is 7.84. The largest absolute Gasteiger partial charge is 0.288 e. The number of hydrogen-bond acceptors (Lipinski definition) is 2. The number of ketones is 1. The molecule has 0 fully saturated rings. The molecular formula is C11H5BrClFOS. The molecule has 2 rings (SSSR count). The number of halogens is 3. The van der Waals surface area contributed by atoms with E-state index in [1.807, 2.05) is 0 Å². The van der Waals surface area contributed by atoms with Crippen LogP contribution in [0.15, 0.2) is 34.8 Å². The van der Waals surface area contributed by atoms with Gasteiger partial charge in [-0.2, -0.15) is 0 Å². The molecule has 0 spiro atoms. The van der Waals surface area contributed by atoms with Crippen molar-refractivity contribution in [3.8, 4) is 0 Å². The molecule has 5 heteroatoms. The standard InChI is InChI=1S/C11H5BrClFOS/c12-7-5-9(16-11(7)13)10(15)6-3-1-2-4-8(6)14/h1-5H. The maximum Gasteiger partial charge on any atom is 0.205 e. The average Bonchev–Trinajstić information content (AvgIpc) is 2.59. The van der Waals surface area contributed by atoms with Crippen LogP contribution in [0, 0.1) is 5.82 Å². The molecule has 0 saturated carbocycles. The zero-order valence-corrected chi connectivity index (χ0v) is 11.0. The first-order valence-corrected chi connectivity index (χ1v) is 6.32. The molecule has 1 heterocycles. The van der Waals surface area contributed by atoms with Crippen molar-refractivity contribution in [1.82, 2.24) is 0 Å². The molecule has 16 heavy (non-hydrogen) atoms. The van der Waals surface area contributed by atoms with Crippen LogP contribution >= 0.6 is 38.9 Å². The van der Waals surface area contributed by atoms with Gasteiger partial charge in [0.25, 0.3) is 0 Å². The summed E-state index contributed by atoms with van der Waals surface area (Å²) in [4.78, 5) is 12.3. The van der Waals surface area contributed by atoms with Gasteiger partial charge in [0.15, 0.2) is 0 Å². The molecule has 0 N–H and O–H groups in total. The molecule has 0 atom stereocenters. The second kappa shape index (κ2) is 4.65. The van der Waals surface area contributed by atoms with Gasteiger partial charge in [-0.1, -0.05) is 23.7 Å². The van der Waals surface area contributed by atoms with Gasteiger partial charge in [-0.05, 0) is 34.1 Å². The minimum atomic E-state index is -0.520. The summed E-state index contributed by atoms with van der Waals surface area (Å²) in [6.07, 6.45) is 0. The zero-order chi connectivity index (χ0) is 11.7. The van der Waals surface area contributed by atoms with Crippen LogP contribution in [0.2, 0.25) is 4.34 Å². The number of benzene rings is 1. The number of rotatable bonds is 2. The molecule has 0 amide bonds. The molecule has 82 valence electrons. The molecular weight excluding hydrogens is 315 g/mol. The smallest absolute Gasteiger partial charge is 0.205 e. The maximum absolute atomic E-state index is 13.4. The molecule has 0 radical (unpaired) electrons. The Morgan fingerprint density at radius 1 is 1.38 bits per heavy atom. The molecule has 0 aliphatic rings. The van der Waals surface area contributed by atoms with Gasteiger partial charge in [0, 0.05) is 4.47 Å². The quantitative estimate of drug-likeness (QED) is 0.743. The van der Waals surface area contributed by atoms with Crippen molar-refractivity contribution in [3.05, 3.63) is 55.4 Å². The minimum Gasteiger partial charge on any atom is -0.288 e. The fraction of sp³-hybridized carbons (Fsp3) is 0. The van der Waals surface area contributed by atoms with Crippen molar-refractivity contribution in [2.24, 2.45) is 0 Å². The van der Waals surface area contributed by atoms with E-state index in [0.29, 0.717) is 13.7 Å². The SMILES string of the molecule is O=C(c1cc(Br)c(Cl)s1)c1ccccc1F. The molecule has 1 aromatic carbocycles. The van der Waals surface area contributed by atoms with Crippen molar-refractivity contribution < 1.29 is 9.18 Å². The summed E-state index contributed by atoms with van der Waals surface area (Å²) in [6, 6.07) is 7.49. The highest BCUT2D eigenvalue weighted by Crippen LogP contribution is 2.33. The highest BCUT2D eigenvalue weighted by atomic mass is 79.9. The van der Waals surface area contributed by atoms with Crippen molar-refractivity contribution in [2.75, 3.05) is 0 Å². The van der Waals surface area contributed by atoms with Gasteiger partial charge < -0.3 is 0 Å². The summed E-state index contributed by atoms with van der Waals surface area (Å²) in [5.74, 6) is -0.871. The molecule has 0 aliphatic heterocycles. The Bertz CT molecular complexity index is 533. The van der Waals surface area contributed by atoms with E-state index >= 15 is 0 Å². The van der Waals surface area contributed by atoms with Gasteiger partial charge in [-0.25, -0.2) is 4.39 Å². The van der Waals surface area contributed by atoms with E-state index in [1.54, 1.807) is 18.2 Å². The lowest BCUT2D eigenvalue weighted by Crippen LogP contribution is -2.01. The van der Waals surface area contributed by atoms with Crippen molar-refractivity contribution in [2.45, 2.75) is 0 Å². The normalized spacial score (nSPS) is 10.4. The van der Waals surface area contributed by atoms with Crippen LogP contribution in [0.5, 0.6) is 0 Å². The number of hydrogen-bond donors (Lipinski definition) is 0. The monoisotopic (exact) mass is 318 g/mol. The fourth-order valence-electron chi connectivity index (χ4n) is 1.24. The molecule has 1 nitrogen and oxygen atoms in total. The van der Waals surface area contributed by atoms with E-state index < -0.39 is 5.82 Å². The number of carbonyl (C=O) groups excluding carboxylic acids is 1. The number of carbonyl (C=O) groups is 1. The van der Waals surface area contributed by atoms with Crippen LogP contribution in [-0.2, 0) is 0 Å². The van der Waals surface area contributed by atoms with E-state index in [4.69, 9.17) is 11.6 Å². The third-order valence-corrected chi connectivity index (χ3v) is 4.46. The van der Waals surface area contributed by atoms with Crippen LogP contribution in [0.3, 0.4) is 0 Å². The third kappa shape index (κ3) is 2.19. The van der Waals surface area contributed by atoms with Crippen molar-refractivity contribution >= 4 is 44.7 Å². The lowest BCUT2D eigenvalue weighted by Gasteiger charge is -1.98. The summed E-state index contributed by atoms with van der Waals surface area (Å²) in [6.45, 7) is 0. The van der Waals surface area contributed by atoms with E-state index in [1.165, 1.54) is 12.1 Å². The van der Waals surface area contributed by atoms with Crippen LogP contribution < -0.4 is 0 Å². The summed E-state index contributed by atoms with van der Waals surface area (Å²) in [5.41, 5.74) is 0.0629. The first kappa shape index (κ1) is 11.8. The van der Waals surface area contributed by atoms with E-state index in [2.05, 4.69) is 15.9 Å². The maximum atomic E-state index is 13.4. The molecule has 0 bridgehead atoms. The second-order valence-electron chi connectivity index (χ2n) is 3.04. The summed E-state index contributed by atoms with van der Waals surface area (Å²) in [7, 11) is 0. The average molecular weight is 320 g/mol. The Hall–Kier alpha value is -0.710. The van der Waals surface area contributed by atoms with Gasteiger partial charge in [-0.15, -0.1) is 11.3 Å². The Morgan fingerprint density at radius 3 is 2.62 bits per heavy atom. The highest BCUT2D eigenvalue weighted by Gasteiger charge is 2.17. The van der Waals surface area contributed by atoms with Gasteiger partial charge in [-0.3, -0.25) is 4.79 Å². The Balaban J connectivity index is 2.43. The van der Waals surface area contributed by atoms with E-state index in [9.17, 15) is 9.18 Å². The first-order valence-electron chi connectivity index (χ1n) is 4.33. The third-order valence-electron chi connectivity index (χ3n) is 1.99. The lowest BCUT2D eigenvalue weighted by molar-refractivity contribution is 0.103. The molecule has 0 saturated heterocycles. The van der Waals surface area contributed by atoms with Crippen LogP contribution in [0.25, 0.3) is 0 Å². The molecule has 1 aromatic heterocycles. The Kier molecular flexibility index (Phi) is 3.42. The molecule has 2 aromatic rings. The number of thiophene rings is 1. The van der Waals surface area contributed by atoms with Crippen LogP contribution in [0.1, 0.15) is 15.2 Å². The summed E-state index contributed by atoms with van der Waals surface area (Å²) >= 11 is 10.2. The van der Waals surface area contributed by atoms with Crippen molar-refractivity contribution in [3.63, 3.8) is 0 Å². The lowest BCUT2D eigenvalue weighted by atomic mass is 10.1. The predicted molar refractivity (Wildman–Crippen MR) is 66.9 cm³/mol. The van der Waals surface area contributed by atoms with Gasteiger partial charge in [0.05, 0.1) is 10.4 Å². The topological polar surface area (TPSA) is 17.1 Å². The Labute approximate surface area is 109 Å². The van der Waals surface area contributed by atoms with E-state index in [-0.39, 0.29) is 11.3 Å². The molecule has 0 unspecified atom stereocenters. The first-order chi connectivity index (χ1) is 7.59. The highest BCUT2D eigenvalue weighted by molar-refractivity contribution is 9.10. The van der Waals surface area contributed by atoms with Gasteiger partial charge in [0.1, 0.15) is 10.2 Å². The van der Waals surface area contributed by atoms with E-state index in [0.717, 1.165) is 11.3 Å². The Morgan fingerprint density at radius 2 is 2.06 bits per heavy atom. The van der Waals surface area contributed by atoms with Gasteiger partial charge >= 0.3 is 0 Å². The predicted octanol–water partition coefficient (Wildman–Crippen LogP) is 4.53.